The molecule has 0 radical (unpaired) electrons. The van der Waals surface area contributed by atoms with Gasteiger partial charge in [-0.05, 0) is 18.2 Å². The molecule has 7 nitrogen and oxygen atoms in total. The maximum absolute atomic E-state index is 10.9. The number of benzene rings is 2. The van der Waals surface area contributed by atoms with Crippen LogP contribution in [0.5, 0.6) is 11.5 Å². The molecular weight excluding hydrogens is 330 g/mol. The van der Waals surface area contributed by atoms with Crippen LogP contribution in [0.15, 0.2) is 47.6 Å². The zero-order valence-corrected chi connectivity index (χ0v) is 13.7. The molecule has 2 aromatic carbocycles. The van der Waals surface area contributed by atoms with Gasteiger partial charge in [0.25, 0.3) is 0 Å². The van der Waals surface area contributed by atoms with Crippen LogP contribution in [0.1, 0.15) is 0 Å². The number of hydrogen-bond acceptors (Lipinski definition) is 6. The van der Waals surface area contributed by atoms with Crippen LogP contribution in [0.25, 0.3) is 11.0 Å². The van der Waals surface area contributed by atoms with Crippen molar-refractivity contribution in [3.8, 4) is 11.5 Å². The van der Waals surface area contributed by atoms with Crippen LogP contribution in [0.4, 0.5) is 5.69 Å². The van der Waals surface area contributed by atoms with Crippen LogP contribution >= 0.6 is 11.8 Å². The van der Waals surface area contributed by atoms with Crippen LogP contribution in [0.3, 0.4) is 0 Å². The minimum Gasteiger partial charge on any atom is -0.497 e. The van der Waals surface area contributed by atoms with Crippen LogP contribution in [0.2, 0.25) is 0 Å². The molecule has 1 N–H and O–H groups in total. The summed E-state index contributed by atoms with van der Waals surface area (Å²) in [5, 5.41) is 11.7. The average molecular weight is 345 g/mol. The normalized spacial score (nSPS) is 10.7. The lowest BCUT2D eigenvalue weighted by Gasteiger charge is -2.05. The predicted molar refractivity (Wildman–Crippen MR) is 92.0 cm³/mol. The molecule has 8 heteroatoms. The number of thioether (sulfide) groups is 1. The van der Waals surface area contributed by atoms with Gasteiger partial charge < -0.3 is 14.5 Å². The van der Waals surface area contributed by atoms with E-state index in [1.807, 2.05) is 18.2 Å². The molecule has 0 spiro atoms. The zero-order chi connectivity index (χ0) is 16.9. The van der Waals surface area contributed by atoms with Gasteiger partial charge in [-0.2, -0.15) is 0 Å². The Balaban J connectivity index is 1.58. The summed E-state index contributed by atoms with van der Waals surface area (Å²) in [7, 11) is 1.62. The van der Waals surface area contributed by atoms with E-state index in [9.17, 15) is 10.1 Å². The molecule has 0 saturated carbocycles. The summed E-state index contributed by atoms with van der Waals surface area (Å²) in [5.74, 6) is 1.66. The van der Waals surface area contributed by atoms with Crippen molar-refractivity contribution in [1.82, 2.24) is 9.97 Å². The third-order valence-electron chi connectivity index (χ3n) is 3.31. The Morgan fingerprint density at radius 1 is 1.29 bits per heavy atom. The van der Waals surface area contributed by atoms with Crippen molar-refractivity contribution in [3.63, 3.8) is 0 Å². The number of para-hydroxylation sites is 2. The monoisotopic (exact) mass is 345 g/mol. The summed E-state index contributed by atoms with van der Waals surface area (Å²) in [5.41, 5.74) is 1.73. The zero-order valence-electron chi connectivity index (χ0n) is 12.9. The number of hydrogen-bond donors (Lipinski definition) is 1. The first-order valence-corrected chi connectivity index (χ1v) is 8.18. The first-order valence-electron chi connectivity index (χ1n) is 7.20. The molecule has 0 amide bonds. The molecule has 0 saturated heterocycles. The molecule has 3 rings (SSSR count). The lowest BCUT2D eigenvalue weighted by molar-refractivity contribution is -0.385. The third-order valence-corrected chi connectivity index (χ3v) is 4.15. The SMILES string of the molecule is COc1ccc2nc(SCCOc3ccccc3[N+](=O)[O-])[nH]c2c1. The molecule has 124 valence electrons. The van der Waals surface area contributed by atoms with Crippen molar-refractivity contribution in [1.29, 1.82) is 0 Å². The number of H-pyrrole nitrogens is 1. The molecule has 24 heavy (non-hydrogen) atoms. The fourth-order valence-electron chi connectivity index (χ4n) is 2.18. The third kappa shape index (κ3) is 3.60. The minimum atomic E-state index is -0.449. The van der Waals surface area contributed by atoms with Crippen molar-refractivity contribution >= 4 is 28.5 Å². The number of aromatic nitrogens is 2. The minimum absolute atomic E-state index is 0.0293. The van der Waals surface area contributed by atoms with Crippen molar-refractivity contribution < 1.29 is 14.4 Å². The first-order chi connectivity index (χ1) is 11.7. The van der Waals surface area contributed by atoms with Gasteiger partial charge in [0.15, 0.2) is 10.9 Å². The summed E-state index contributed by atoms with van der Waals surface area (Å²) in [6.07, 6.45) is 0. The fourth-order valence-corrected chi connectivity index (χ4v) is 2.89. The van der Waals surface area contributed by atoms with E-state index in [1.165, 1.54) is 17.8 Å². The van der Waals surface area contributed by atoms with Crippen molar-refractivity contribution in [2.45, 2.75) is 5.16 Å². The standard InChI is InChI=1S/C16H15N3O4S/c1-22-11-6-7-12-13(10-11)18-16(17-12)24-9-8-23-15-5-3-2-4-14(15)19(20)21/h2-7,10H,8-9H2,1H3,(H,17,18). The molecule has 1 heterocycles. The maximum atomic E-state index is 10.9. The molecule has 0 aliphatic heterocycles. The van der Waals surface area contributed by atoms with Gasteiger partial charge in [0, 0.05) is 17.9 Å². The van der Waals surface area contributed by atoms with Crippen LogP contribution < -0.4 is 9.47 Å². The highest BCUT2D eigenvalue weighted by molar-refractivity contribution is 7.99. The Bertz CT molecular complexity index is 865. The smallest absolute Gasteiger partial charge is 0.310 e. The number of nitrogens with one attached hydrogen (secondary N) is 1. The van der Waals surface area contributed by atoms with Crippen LogP contribution in [0, 0.1) is 10.1 Å². The number of ether oxygens (including phenoxy) is 2. The molecule has 1 aromatic heterocycles. The largest absolute Gasteiger partial charge is 0.497 e. The Morgan fingerprint density at radius 2 is 2.12 bits per heavy atom. The van der Waals surface area contributed by atoms with E-state index in [1.54, 1.807) is 25.3 Å². The molecular formula is C16H15N3O4S. The molecule has 0 bridgehead atoms. The van der Waals surface area contributed by atoms with Crippen molar-refractivity contribution in [3.05, 3.63) is 52.6 Å². The van der Waals surface area contributed by atoms with E-state index in [2.05, 4.69) is 9.97 Å². The van der Waals surface area contributed by atoms with E-state index in [4.69, 9.17) is 9.47 Å². The molecule has 0 aliphatic carbocycles. The van der Waals surface area contributed by atoms with Crippen molar-refractivity contribution in [2.24, 2.45) is 0 Å². The van der Waals surface area contributed by atoms with Gasteiger partial charge in [-0.1, -0.05) is 23.9 Å². The summed E-state index contributed by atoms with van der Waals surface area (Å²) < 4.78 is 10.7. The highest BCUT2D eigenvalue weighted by Crippen LogP contribution is 2.27. The molecule has 0 unspecified atom stereocenters. The van der Waals surface area contributed by atoms with Gasteiger partial charge >= 0.3 is 5.69 Å². The number of nitrogens with zero attached hydrogens (tertiary/aromatic N) is 2. The molecule has 0 fully saturated rings. The number of fused-ring (bicyclic) bond motifs is 1. The van der Waals surface area contributed by atoms with E-state index in [0.29, 0.717) is 12.4 Å². The second-order valence-corrected chi connectivity index (χ2v) is 5.93. The second kappa shape index (κ2) is 7.22. The summed E-state index contributed by atoms with van der Waals surface area (Å²) in [6.45, 7) is 0.343. The Hall–Kier alpha value is -2.74. The van der Waals surface area contributed by atoms with E-state index >= 15 is 0 Å². The predicted octanol–water partition coefficient (Wildman–Crippen LogP) is 3.65. The number of nitro benzene ring substituents is 1. The molecule has 3 aromatic rings. The number of imidazole rings is 1. The van der Waals surface area contributed by atoms with E-state index in [0.717, 1.165) is 21.9 Å². The lowest BCUT2D eigenvalue weighted by Crippen LogP contribution is -2.02. The van der Waals surface area contributed by atoms with Gasteiger partial charge in [0.2, 0.25) is 0 Å². The Labute approximate surface area is 142 Å². The number of nitro groups is 1. The highest BCUT2D eigenvalue weighted by atomic mass is 32.2. The van der Waals surface area contributed by atoms with Crippen molar-refractivity contribution in [2.75, 3.05) is 19.5 Å². The Kier molecular flexibility index (Phi) is 4.85. The van der Waals surface area contributed by atoms with E-state index in [-0.39, 0.29) is 11.4 Å². The maximum Gasteiger partial charge on any atom is 0.310 e. The average Bonchev–Trinajstić information content (AvgIpc) is 3.00. The molecule has 0 aliphatic rings. The lowest BCUT2D eigenvalue weighted by atomic mass is 10.3. The second-order valence-electron chi connectivity index (χ2n) is 4.85. The van der Waals surface area contributed by atoms with Gasteiger partial charge in [0.05, 0.1) is 29.7 Å². The van der Waals surface area contributed by atoms with Gasteiger partial charge in [0.1, 0.15) is 5.75 Å². The van der Waals surface area contributed by atoms with Crippen LogP contribution in [-0.4, -0.2) is 34.4 Å². The quantitative estimate of drug-likeness (QED) is 0.304. The topological polar surface area (TPSA) is 90.3 Å². The van der Waals surface area contributed by atoms with E-state index < -0.39 is 4.92 Å². The first kappa shape index (κ1) is 16.1. The number of aromatic amines is 1. The Morgan fingerprint density at radius 3 is 2.92 bits per heavy atom. The fraction of sp³-hybridized carbons (Fsp3) is 0.188. The van der Waals surface area contributed by atoms with Gasteiger partial charge in [-0.3, -0.25) is 10.1 Å². The number of rotatable bonds is 7. The highest BCUT2D eigenvalue weighted by Gasteiger charge is 2.13. The summed E-state index contributed by atoms with van der Waals surface area (Å²) in [4.78, 5) is 18.1. The van der Waals surface area contributed by atoms with Crippen LogP contribution in [-0.2, 0) is 0 Å². The molecule has 0 atom stereocenters. The van der Waals surface area contributed by atoms with Gasteiger partial charge in [-0.15, -0.1) is 0 Å². The van der Waals surface area contributed by atoms with Gasteiger partial charge in [-0.25, -0.2) is 4.98 Å². The number of methoxy groups -OCH3 is 1. The summed E-state index contributed by atoms with van der Waals surface area (Å²) in [6, 6.07) is 12.0. The summed E-state index contributed by atoms with van der Waals surface area (Å²) >= 11 is 1.49.